The van der Waals surface area contributed by atoms with Gasteiger partial charge in [0.15, 0.2) is 0 Å². The van der Waals surface area contributed by atoms with Gasteiger partial charge in [0.2, 0.25) is 0 Å². The van der Waals surface area contributed by atoms with Gasteiger partial charge in [0.25, 0.3) is 0 Å². The molecule has 0 aromatic carbocycles. The first kappa shape index (κ1) is 6.47. The van der Waals surface area contributed by atoms with Crippen LogP contribution in [0, 0.1) is 17.3 Å². The minimum Gasteiger partial charge on any atom is -0.369 e. The molecule has 3 atom stereocenters. The molecule has 1 aliphatic heterocycles. The molecule has 4 aliphatic rings. The largest absolute Gasteiger partial charge is 0.369 e. The minimum absolute atomic E-state index is 0.387. The Morgan fingerprint density at radius 1 is 1.36 bits per heavy atom. The summed E-state index contributed by atoms with van der Waals surface area (Å²) >= 11 is 0. The Labute approximate surface area is 68.1 Å². The number of ether oxygens (including phenoxy) is 1. The molecule has 11 heavy (non-hydrogen) atoms. The molecule has 0 amide bonds. The Balaban J connectivity index is 1.94. The molecule has 0 N–H and O–H groups in total. The van der Waals surface area contributed by atoms with Crippen LogP contribution in [0.4, 0.5) is 0 Å². The number of fused-ring (bicyclic) bond motifs is 1. The second-order valence-corrected chi connectivity index (χ2v) is 5.20. The topological polar surface area (TPSA) is 12.5 Å². The first-order valence-electron chi connectivity index (χ1n) is 4.79. The van der Waals surface area contributed by atoms with Crippen molar-refractivity contribution in [2.24, 2.45) is 17.3 Å². The molecule has 1 heteroatoms. The van der Waals surface area contributed by atoms with Gasteiger partial charge >= 0.3 is 0 Å². The Hall–Kier alpha value is -0.0400. The van der Waals surface area contributed by atoms with E-state index in [4.69, 9.17) is 4.74 Å². The lowest BCUT2D eigenvalue weighted by Gasteiger charge is -2.59. The highest BCUT2D eigenvalue weighted by Gasteiger charge is 2.67. The van der Waals surface area contributed by atoms with Gasteiger partial charge in [0, 0.05) is 0 Å². The number of rotatable bonds is 0. The highest BCUT2D eigenvalue weighted by atomic mass is 16.6. The summed E-state index contributed by atoms with van der Waals surface area (Å²) < 4.78 is 5.62. The molecule has 3 aliphatic carbocycles. The van der Waals surface area contributed by atoms with E-state index in [-0.39, 0.29) is 0 Å². The molecule has 0 radical (unpaired) electrons. The number of epoxide rings is 1. The average molecular weight is 152 g/mol. The lowest BCUT2D eigenvalue weighted by molar-refractivity contribution is -0.115. The van der Waals surface area contributed by atoms with E-state index in [1.54, 1.807) is 0 Å². The molecule has 1 heterocycles. The fraction of sp³-hybridized carbons (Fsp3) is 1.00. The third kappa shape index (κ3) is 0.581. The molecule has 2 bridgehead atoms. The predicted molar refractivity (Wildman–Crippen MR) is 43.3 cm³/mol. The zero-order chi connectivity index (χ0) is 7.69. The molecule has 1 saturated heterocycles. The van der Waals surface area contributed by atoms with Crippen LogP contribution in [-0.2, 0) is 4.74 Å². The molecule has 62 valence electrons. The van der Waals surface area contributed by atoms with Crippen molar-refractivity contribution in [1.29, 1.82) is 0 Å². The van der Waals surface area contributed by atoms with Gasteiger partial charge in [0.05, 0.1) is 12.2 Å². The second kappa shape index (κ2) is 1.52. The summed E-state index contributed by atoms with van der Waals surface area (Å²) in [6.45, 7) is 5.91. The molecule has 3 saturated carbocycles. The van der Waals surface area contributed by atoms with Crippen molar-refractivity contribution in [3.63, 3.8) is 0 Å². The monoisotopic (exact) mass is 152 g/mol. The van der Waals surface area contributed by atoms with Gasteiger partial charge in [0.1, 0.15) is 0 Å². The van der Waals surface area contributed by atoms with Crippen molar-refractivity contribution in [1.82, 2.24) is 0 Å². The molecule has 0 unspecified atom stereocenters. The van der Waals surface area contributed by atoms with Crippen LogP contribution in [0.25, 0.3) is 0 Å². The fourth-order valence-corrected chi connectivity index (χ4v) is 3.43. The molecule has 4 fully saturated rings. The SMILES string of the molecule is CC1(C)[C@@H]2CC[C@@]3(CO3)[C@H]1C2. The summed E-state index contributed by atoms with van der Waals surface area (Å²) in [5, 5.41) is 0. The van der Waals surface area contributed by atoms with E-state index in [0.29, 0.717) is 11.0 Å². The van der Waals surface area contributed by atoms with Crippen LogP contribution in [0.2, 0.25) is 0 Å². The van der Waals surface area contributed by atoms with Crippen LogP contribution in [0.5, 0.6) is 0 Å². The normalized spacial score (nSPS) is 57.3. The maximum Gasteiger partial charge on any atom is 0.0949 e. The van der Waals surface area contributed by atoms with Crippen LogP contribution >= 0.6 is 0 Å². The van der Waals surface area contributed by atoms with Crippen LogP contribution in [0.3, 0.4) is 0 Å². The number of hydrogen-bond donors (Lipinski definition) is 0. The van der Waals surface area contributed by atoms with Gasteiger partial charge in [-0.15, -0.1) is 0 Å². The van der Waals surface area contributed by atoms with Gasteiger partial charge in [-0.05, 0) is 36.5 Å². The van der Waals surface area contributed by atoms with E-state index >= 15 is 0 Å². The van der Waals surface area contributed by atoms with Gasteiger partial charge in [-0.1, -0.05) is 13.8 Å². The van der Waals surface area contributed by atoms with Crippen LogP contribution < -0.4 is 0 Å². The maximum atomic E-state index is 5.62. The van der Waals surface area contributed by atoms with Gasteiger partial charge in [-0.2, -0.15) is 0 Å². The molecule has 1 spiro atoms. The van der Waals surface area contributed by atoms with Crippen molar-refractivity contribution in [2.45, 2.75) is 38.7 Å². The smallest absolute Gasteiger partial charge is 0.0949 e. The first-order valence-corrected chi connectivity index (χ1v) is 4.79. The second-order valence-electron chi connectivity index (χ2n) is 5.20. The summed E-state index contributed by atoms with van der Waals surface area (Å²) in [6.07, 6.45) is 4.22. The van der Waals surface area contributed by atoms with E-state index < -0.39 is 0 Å². The lowest BCUT2D eigenvalue weighted by atomic mass is 9.45. The van der Waals surface area contributed by atoms with Gasteiger partial charge < -0.3 is 4.74 Å². The highest BCUT2D eigenvalue weighted by Crippen LogP contribution is 2.67. The zero-order valence-corrected chi connectivity index (χ0v) is 7.39. The summed E-state index contributed by atoms with van der Waals surface area (Å²) in [7, 11) is 0. The van der Waals surface area contributed by atoms with Crippen molar-refractivity contribution < 1.29 is 4.74 Å². The van der Waals surface area contributed by atoms with Crippen molar-refractivity contribution >= 4 is 0 Å². The van der Waals surface area contributed by atoms with Crippen LogP contribution in [0.15, 0.2) is 0 Å². The summed E-state index contributed by atoms with van der Waals surface area (Å²) in [5.41, 5.74) is 0.993. The maximum absolute atomic E-state index is 5.62. The van der Waals surface area contributed by atoms with E-state index in [2.05, 4.69) is 13.8 Å². The Morgan fingerprint density at radius 3 is 2.45 bits per heavy atom. The molecule has 4 rings (SSSR count). The molecular formula is C10H16O. The van der Waals surface area contributed by atoms with E-state index in [9.17, 15) is 0 Å². The molecular weight excluding hydrogens is 136 g/mol. The Bertz CT molecular complexity index is 199. The zero-order valence-electron chi connectivity index (χ0n) is 7.39. The molecule has 0 aromatic rings. The highest BCUT2D eigenvalue weighted by molar-refractivity contribution is 5.15. The van der Waals surface area contributed by atoms with Gasteiger partial charge in [-0.3, -0.25) is 0 Å². The average Bonchev–Trinajstić information content (AvgIpc) is 2.69. The van der Waals surface area contributed by atoms with Crippen molar-refractivity contribution in [3.8, 4) is 0 Å². The summed E-state index contributed by atoms with van der Waals surface area (Å²) in [4.78, 5) is 0. The minimum atomic E-state index is 0.387. The van der Waals surface area contributed by atoms with Crippen molar-refractivity contribution in [3.05, 3.63) is 0 Å². The Kier molecular flexibility index (Phi) is 0.893. The quantitative estimate of drug-likeness (QED) is 0.485. The van der Waals surface area contributed by atoms with E-state index in [1.807, 2.05) is 0 Å². The van der Waals surface area contributed by atoms with E-state index in [0.717, 1.165) is 18.4 Å². The van der Waals surface area contributed by atoms with Crippen molar-refractivity contribution in [2.75, 3.05) is 6.61 Å². The molecule has 1 nitrogen and oxygen atoms in total. The van der Waals surface area contributed by atoms with Crippen LogP contribution in [-0.4, -0.2) is 12.2 Å². The number of hydrogen-bond acceptors (Lipinski definition) is 1. The van der Waals surface area contributed by atoms with Crippen LogP contribution in [0.1, 0.15) is 33.1 Å². The predicted octanol–water partition coefficient (Wildman–Crippen LogP) is 2.21. The molecule has 0 aromatic heterocycles. The standard InChI is InChI=1S/C10H16O/c1-9(2)7-3-4-10(6-11-10)8(9)5-7/h7-8H,3-6H2,1-2H3/t7-,8+,10-/m1/s1. The Morgan fingerprint density at radius 2 is 2.09 bits per heavy atom. The lowest BCUT2D eigenvalue weighted by Crippen LogP contribution is -2.56. The summed E-state index contributed by atoms with van der Waals surface area (Å²) in [5.74, 6) is 1.91. The summed E-state index contributed by atoms with van der Waals surface area (Å²) in [6, 6.07) is 0. The van der Waals surface area contributed by atoms with Gasteiger partial charge in [-0.25, -0.2) is 0 Å². The third-order valence-electron chi connectivity index (χ3n) is 4.54. The van der Waals surface area contributed by atoms with E-state index in [1.165, 1.54) is 19.3 Å². The fourth-order valence-electron chi connectivity index (χ4n) is 3.43. The first-order chi connectivity index (χ1) is 5.15. The third-order valence-corrected chi connectivity index (χ3v) is 4.54.